The molecule has 0 unspecified atom stereocenters. The first-order chi connectivity index (χ1) is 14.5. The molecule has 2 aliphatic heterocycles. The number of hydrogen-bond acceptors (Lipinski definition) is 4. The second-order valence-electron chi connectivity index (χ2n) is 8.12. The number of nitrogens with one attached hydrogen (secondary N) is 1. The molecule has 2 N–H and O–H groups in total. The van der Waals surface area contributed by atoms with Crippen LogP contribution in [0.2, 0.25) is 0 Å². The third-order valence-electron chi connectivity index (χ3n) is 6.53. The van der Waals surface area contributed by atoms with E-state index >= 15 is 0 Å². The van der Waals surface area contributed by atoms with Crippen molar-refractivity contribution in [2.45, 2.75) is 38.9 Å². The molecule has 160 valence electrons. The van der Waals surface area contributed by atoms with Gasteiger partial charge in [0.15, 0.2) is 0 Å². The third kappa shape index (κ3) is 3.26. The van der Waals surface area contributed by atoms with Crippen LogP contribution in [0.25, 0.3) is 11.1 Å². The second kappa shape index (κ2) is 8.32. The van der Waals surface area contributed by atoms with E-state index in [1.54, 1.807) is 22.8 Å². The van der Waals surface area contributed by atoms with Crippen LogP contribution in [0, 0.1) is 17.7 Å². The molecular weight excluding hydrogens is 385 g/mol. The molecule has 4 rings (SSSR count). The lowest BCUT2D eigenvalue weighted by atomic mass is 9.88. The number of aliphatic hydroxyl groups is 1. The van der Waals surface area contributed by atoms with Crippen LogP contribution in [-0.2, 0) is 11.3 Å². The van der Waals surface area contributed by atoms with Crippen molar-refractivity contribution in [1.29, 1.82) is 0 Å². The predicted octanol–water partition coefficient (Wildman–Crippen LogP) is 2.16. The minimum Gasteiger partial charge on any atom is -0.396 e. The third-order valence-corrected chi connectivity index (χ3v) is 6.53. The van der Waals surface area contributed by atoms with E-state index < -0.39 is 6.04 Å². The number of hydrogen-bond donors (Lipinski definition) is 2. The quantitative estimate of drug-likeness (QED) is 0.761. The van der Waals surface area contributed by atoms with E-state index in [4.69, 9.17) is 0 Å². The lowest BCUT2D eigenvalue weighted by Crippen LogP contribution is -2.48. The molecule has 0 aliphatic carbocycles. The van der Waals surface area contributed by atoms with Crippen molar-refractivity contribution in [3.8, 4) is 11.1 Å². The van der Waals surface area contributed by atoms with Gasteiger partial charge in [0, 0.05) is 42.8 Å². The van der Waals surface area contributed by atoms with Gasteiger partial charge in [0.05, 0.1) is 12.1 Å². The maximum absolute atomic E-state index is 13.3. The minimum atomic E-state index is -0.401. The van der Waals surface area contributed by atoms with E-state index in [1.807, 2.05) is 19.9 Å². The Morgan fingerprint density at radius 2 is 1.93 bits per heavy atom. The highest BCUT2D eigenvalue weighted by Crippen LogP contribution is 2.49. The van der Waals surface area contributed by atoms with Crippen LogP contribution < -0.4 is 10.9 Å². The molecule has 2 aromatic rings. The molecule has 0 radical (unpaired) electrons. The predicted molar refractivity (Wildman–Crippen MR) is 112 cm³/mol. The lowest BCUT2D eigenvalue weighted by molar-refractivity contribution is -0.127. The van der Waals surface area contributed by atoms with Crippen molar-refractivity contribution < 1.29 is 14.3 Å². The minimum absolute atomic E-state index is 0.0107. The maximum atomic E-state index is 13.3. The van der Waals surface area contributed by atoms with Crippen LogP contribution in [0.4, 0.5) is 4.39 Å². The first-order valence-electron chi connectivity index (χ1n) is 10.7. The van der Waals surface area contributed by atoms with Gasteiger partial charge in [0.2, 0.25) is 5.91 Å². The standard InChI is InChI=1S/C23H28FN3O3/c1-3-11-25-22(29)21-18(13-28)17-12-27-19(20(17)26(21)4-2)10-9-16(23(27)30)14-5-7-15(24)8-6-14/h5-10,17-18,20-21,28H,3-4,11-13H2,1-2H3,(H,25,29)/t17-,18-,20+,21-/m1/s1. The monoisotopic (exact) mass is 413 g/mol. The molecule has 0 bridgehead atoms. The summed E-state index contributed by atoms with van der Waals surface area (Å²) in [5, 5.41) is 13.1. The molecule has 1 saturated heterocycles. The van der Waals surface area contributed by atoms with Gasteiger partial charge in [-0.25, -0.2) is 4.39 Å². The number of likely N-dealkylation sites (N-methyl/N-ethyl adjacent to an activating group) is 1. The van der Waals surface area contributed by atoms with E-state index in [0.29, 0.717) is 30.8 Å². The Hall–Kier alpha value is -2.51. The van der Waals surface area contributed by atoms with Gasteiger partial charge in [-0.3, -0.25) is 14.5 Å². The normalized spacial score (nSPS) is 25.2. The van der Waals surface area contributed by atoms with E-state index in [2.05, 4.69) is 10.2 Å². The topological polar surface area (TPSA) is 74.6 Å². The van der Waals surface area contributed by atoms with Gasteiger partial charge >= 0.3 is 0 Å². The van der Waals surface area contributed by atoms with Gasteiger partial charge < -0.3 is 15.0 Å². The number of aliphatic hydroxyl groups excluding tert-OH is 1. The number of amides is 1. The van der Waals surface area contributed by atoms with E-state index in [-0.39, 0.29) is 41.8 Å². The number of halogens is 1. The van der Waals surface area contributed by atoms with Crippen molar-refractivity contribution in [3.05, 3.63) is 58.3 Å². The molecule has 1 fully saturated rings. The van der Waals surface area contributed by atoms with Crippen molar-refractivity contribution in [3.63, 3.8) is 0 Å². The summed E-state index contributed by atoms with van der Waals surface area (Å²) in [7, 11) is 0. The molecule has 3 heterocycles. The summed E-state index contributed by atoms with van der Waals surface area (Å²) in [5.74, 6) is -0.640. The summed E-state index contributed by atoms with van der Waals surface area (Å²) in [4.78, 5) is 28.2. The molecular formula is C23H28FN3O3. The Morgan fingerprint density at radius 1 is 1.20 bits per heavy atom. The Bertz CT molecular complexity index is 988. The van der Waals surface area contributed by atoms with E-state index in [9.17, 15) is 19.1 Å². The van der Waals surface area contributed by atoms with Gasteiger partial charge in [0.1, 0.15) is 5.82 Å². The first kappa shape index (κ1) is 20.8. The van der Waals surface area contributed by atoms with Crippen molar-refractivity contribution in [2.24, 2.45) is 11.8 Å². The van der Waals surface area contributed by atoms with Gasteiger partial charge in [-0.05, 0) is 42.8 Å². The average molecular weight is 413 g/mol. The molecule has 1 aromatic carbocycles. The molecule has 6 nitrogen and oxygen atoms in total. The fraction of sp³-hybridized carbons (Fsp3) is 0.478. The molecule has 0 saturated carbocycles. The van der Waals surface area contributed by atoms with Crippen LogP contribution in [0.1, 0.15) is 32.0 Å². The largest absolute Gasteiger partial charge is 0.396 e. The average Bonchev–Trinajstić information content (AvgIpc) is 3.27. The second-order valence-corrected chi connectivity index (χ2v) is 8.12. The Morgan fingerprint density at radius 3 is 2.57 bits per heavy atom. The van der Waals surface area contributed by atoms with Crippen molar-refractivity contribution in [2.75, 3.05) is 19.7 Å². The van der Waals surface area contributed by atoms with Crippen LogP contribution in [-0.4, -0.2) is 46.2 Å². The van der Waals surface area contributed by atoms with Gasteiger partial charge in [-0.15, -0.1) is 0 Å². The summed E-state index contributed by atoms with van der Waals surface area (Å²) in [6.07, 6.45) is 0.853. The molecule has 2 aliphatic rings. The Labute approximate surface area is 175 Å². The lowest BCUT2D eigenvalue weighted by Gasteiger charge is -2.29. The molecule has 1 amide bonds. The summed E-state index contributed by atoms with van der Waals surface area (Å²) < 4.78 is 15.0. The van der Waals surface area contributed by atoms with Gasteiger partial charge in [-0.2, -0.15) is 0 Å². The number of carbonyl (C=O) groups excluding carboxylic acids is 1. The molecule has 0 spiro atoms. The Balaban J connectivity index is 1.72. The fourth-order valence-corrected chi connectivity index (χ4v) is 5.18. The zero-order valence-corrected chi connectivity index (χ0v) is 17.3. The number of carbonyl (C=O) groups is 1. The molecule has 30 heavy (non-hydrogen) atoms. The fourth-order valence-electron chi connectivity index (χ4n) is 5.18. The number of pyridine rings is 1. The smallest absolute Gasteiger partial charge is 0.258 e. The van der Waals surface area contributed by atoms with E-state index in [0.717, 1.165) is 12.1 Å². The van der Waals surface area contributed by atoms with Crippen LogP contribution in [0.3, 0.4) is 0 Å². The molecule has 4 atom stereocenters. The highest BCUT2D eigenvalue weighted by atomic mass is 19.1. The summed E-state index contributed by atoms with van der Waals surface area (Å²) in [5.41, 5.74) is 1.96. The van der Waals surface area contributed by atoms with Gasteiger partial charge in [0.25, 0.3) is 5.56 Å². The maximum Gasteiger partial charge on any atom is 0.258 e. The summed E-state index contributed by atoms with van der Waals surface area (Å²) in [6.45, 7) is 5.63. The first-order valence-corrected chi connectivity index (χ1v) is 10.7. The highest BCUT2D eigenvalue weighted by Gasteiger charge is 2.54. The zero-order chi connectivity index (χ0) is 21.4. The van der Waals surface area contributed by atoms with Crippen LogP contribution in [0.5, 0.6) is 0 Å². The van der Waals surface area contributed by atoms with Crippen molar-refractivity contribution >= 4 is 5.91 Å². The highest BCUT2D eigenvalue weighted by molar-refractivity contribution is 5.82. The number of nitrogens with zero attached hydrogens (tertiary/aromatic N) is 2. The Kier molecular flexibility index (Phi) is 5.75. The van der Waals surface area contributed by atoms with E-state index in [1.165, 1.54) is 12.1 Å². The zero-order valence-electron chi connectivity index (χ0n) is 17.3. The van der Waals surface area contributed by atoms with Crippen molar-refractivity contribution in [1.82, 2.24) is 14.8 Å². The SMILES string of the molecule is CCCNC(=O)[C@H]1[C@H](CO)[C@H]2Cn3c(ccc(-c4ccc(F)cc4)c3=O)[C@H]2N1CC. The number of aromatic nitrogens is 1. The number of fused-ring (bicyclic) bond motifs is 3. The number of benzene rings is 1. The molecule has 7 heteroatoms. The number of likely N-dealkylation sites (tertiary alicyclic amines) is 1. The number of rotatable bonds is 6. The summed E-state index contributed by atoms with van der Waals surface area (Å²) >= 11 is 0. The van der Waals surface area contributed by atoms with Crippen LogP contribution in [0.15, 0.2) is 41.2 Å². The molecule has 1 aromatic heterocycles. The van der Waals surface area contributed by atoms with Crippen LogP contribution >= 0.6 is 0 Å². The van der Waals surface area contributed by atoms with Gasteiger partial charge in [-0.1, -0.05) is 26.0 Å². The summed E-state index contributed by atoms with van der Waals surface area (Å²) in [6, 6.07) is 9.16.